The van der Waals surface area contributed by atoms with Crippen LogP contribution in [0, 0.1) is 0 Å². The molecule has 2 atom stereocenters. The highest BCUT2D eigenvalue weighted by atomic mass is 32.4. The first-order valence-electron chi connectivity index (χ1n) is 4.81. The number of carbonyl (C=O) groups is 1. The van der Waals surface area contributed by atoms with E-state index in [2.05, 4.69) is 11.8 Å². The van der Waals surface area contributed by atoms with Crippen molar-refractivity contribution in [1.29, 1.82) is 0 Å². The Morgan fingerprint density at radius 3 is 3.06 bits per heavy atom. The lowest BCUT2D eigenvalue weighted by Gasteiger charge is -2.21. The van der Waals surface area contributed by atoms with E-state index in [4.69, 9.17) is 14.2 Å². The fourth-order valence-electron chi connectivity index (χ4n) is 1.70. The van der Waals surface area contributed by atoms with Crippen LogP contribution < -0.4 is 9.26 Å². The molecule has 1 aliphatic heterocycles. The molecule has 1 aromatic carbocycles. The number of benzene rings is 1. The van der Waals surface area contributed by atoms with Gasteiger partial charge in [0.15, 0.2) is 0 Å². The summed E-state index contributed by atoms with van der Waals surface area (Å²) in [5, 5.41) is 0. The lowest BCUT2D eigenvalue weighted by atomic mass is 9.95. The maximum absolute atomic E-state index is 11.2. The summed E-state index contributed by atoms with van der Waals surface area (Å²) in [6, 6.07) is 5.15. The number of fused-ring (bicyclic) bond motifs is 1. The number of rotatable bonds is 2. The van der Waals surface area contributed by atoms with Gasteiger partial charge in [-0.25, -0.2) is 0 Å². The minimum absolute atomic E-state index is 0.146. The third kappa shape index (κ3) is 2.43. The predicted octanol–water partition coefficient (Wildman–Crippen LogP) is 1.98. The Labute approximate surface area is 98.8 Å². The molecule has 1 heterocycles. The van der Waals surface area contributed by atoms with Crippen molar-refractivity contribution in [2.75, 3.05) is 0 Å². The average molecular weight is 258 g/mol. The zero-order chi connectivity index (χ0) is 11.7. The highest BCUT2D eigenvalue weighted by molar-refractivity contribution is 8.00. The summed E-state index contributed by atoms with van der Waals surface area (Å²) < 4.78 is 10.1. The Kier molecular flexibility index (Phi) is 3.28. The van der Waals surface area contributed by atoms with Crippen LogP contribution in [0.15, 0.2) is 18.2 Å². The van der Waals surface area contributed by atoms with Crippen molar-refractivity contribution >= 4 is 24.9 Å². The molecule has 0 saturated heterocycles. The minimum atomic E-state index is -2.20. The second-order valence-electron chi connectivity index (χ2n) is 3.65. The van der Waals surface area contributed by atoms with Gasteiger partial charge in [-0.15, -0.1) is 0 Å². The Morgan fingerprint density at radius 1 is 1.62 bits per heavy atom. The minimum Gasteiger partial charge on any atom is -0.446 e. The van der Waals surface area contributed by atoms with Crippen LogP contribution in [0.3, 0.4) is 0 Å². The average Bonchev–Trinajstić information content (AvgIpc) is 2.15. The van der Waals surface area contributed by atoms with Gasteiger partial charge in [0.2, 0.25) is 7.15 Å². The molecular formula is C10H11O4PS. The summed E-state index contributed by atoms with van der Waals surface area (Å²) in [5.41, 5.74) is 0.975. The van der Waals surface area contributed by atoms with Gasteiger partial charge in [-0.2, -0.15) is 0 Å². The van der Waals surface area contributed by atoms with Crippen molar-refractivity contribution in [3.05, 3.63) is 23.8 Å². The standard InChI is InChI=1S/C10H11O4PS/c1-6-4-10(11)13-9-5-7(14-15(12)16)2-3-8(6)9/h2-3,5-6,15H,4H2,1H3,(H,12,16). The Bertz CT molecular complexity index is 460. The fourth-order valence-corrected chi connectivity index (χ4v) is 2.32. The summed E-state index contributed by atoms with van der Waals surface area (Å²) >= 11 is 4.59. The molecule has 0 fully saturated rings. The van der Waals surface area contributed by atoms with Crippen LogP contribution >= 0.6 is 7.15 Å². The van der Waals surface area contributed by atoms with E-state index in [0.717, 1.165) is 5.56 Å². The molecule has 1 N–H and O–H groups in total. The third-order valence-electron chi connectivity index (χ3n) is 2.42. The van der Waals surface area contributed by atoms with Crippen LogP contribution in [0.2, 0.25) is 0 Å². The van der Waals surface area contributed by atoms with Crippen LogP contribution in [0.4, 0.5) is 0 Å². The van der Waals surface area contributed by atoms with Crippen molar-refractivity contribution in [1.82, 2.24) is 0 Å². The van der Waals surface area contributed by atoms with E-state index in [-0.39, 0.29) is 11.9 Å². The monoisotopic (exact) mass is 258 g/mol. The van der Waals surface area contributed by atoms with E-state index >= 15 is 0 Å². The van der Waals surface area contributed by atoms with Gasteiger partial charge in [0.05, 0.1) is 6.42 Å². The summed E-state index contributed by atoms with van der Waals surface area (Å²) in [6.45, 7) is 1.97. The molecule has 6 heteroatoms. The van der Waals surface area contributed by atoms with Crippen LogP contribution in [0.25, 0.3) is 0 Å². The molecule has 0 bridgehead atoms. The topological polar surface area (TPSA) is 55.8 Å². The van der Waals surface area contributed by atoms with Crippen molar-refractivity contribution in [3.8, 4) is 11.5 Å². The van der Waals surface area contributed by atoms with Gasteiger partial charge in [-0.05, 0) is 29.4 Å². The molecule has 0 spiro atoms. The molecule has 2 rings (SSSR count). The number of ether oxygens (including phenoxy) is 1. The van der Waals surface area contributed by atoms with E-state index in [9.17, 15) is 4.79 Å². The number of hydrogen-bond donors (Lipinski definition) is 1. The molecular weight excluding hydrogens is 247 g/mol. The number of hydrogen-bond acceptors (Lipinski definition) is 4. The number of esters is 1. The first-order chi connectivity index (χ1) is 7.56. The van der Waals surface area contributed by atoms with Crippen molar-refractivity contribution in [3.63, 3.8) is 0 Å². The van der Waals surface area contributed by atoms with Gasteiger partial charge in [0.1, 0.15) is 11.5 Å². The smallest absolute Gasteiger partial charge is 0.311 e. The molecule has 1 aromatic rings. The van der Waals surface area contributed by atoms with Crippen LogP contribution in [-0.2, 0) is 16.6 Å². The zero-order valence-electron chi connectivity index (χ0n) is 8.60. The van der Waals surface area contributed by atoms with E-state index in [1.54, 1.807) is 12.1 Å². The second-order valence-corrected chi connectivity index (χ2v) is 5.43. The summed E-state index contributed by atoms with van der Waals surface area (Å²) in [6.07, 6.45) is 0.392. The van der Waals surface area contributed by atoms with E-state index < -0.39 is 7.15 Å². The Balaban J connectivity index is 2.34. The van der Waals surface area contributed by atoms with Gasteiger partial charge in [-0.1, -0.05) is 13.0 Å². The lowest BCUT2D eigenvalue weighted by molar-refractivity contribution is -0.135. The Morgan fingerprint density at radius 2 is 2.38 bits per heavy atom. The molecule has 0 amide bonds. The van der Waals surface area contributed by atoms with E-state index in [1.807, 2.05) is 13.0 Å². The first kappa shape index (κ1) is 11.6. The molecule has 0 saturated carbocycles. The third-order valence-corrected chi connectivity index (χ3v) is 3.08. The Hall–Kier alpha value is -0.900. The predicted molar refractivity (Wildman–Crippen MR) is 63.6 cm³/mol. The molecule has 0 radical (unpaired) electrons. The first-order valence-corrected chi connectivity index (χ1v) is 7.30. The SMILES string of the molecule is CC1CC(=O)Oc2cc(O[PH](O)=S)ccc21. The van der Waals surface area contributed by atoms with Gasteiger partial charge in [0.25, 0.3) is 0 Å². The molecule has 16 heavy (non-hydrogen) atoms. The van der Waals surface area contributed by atoms with E-state index in [0.29, 0.717) is 17.9 Å². The van der Waals surface area contributed by atoms with Crippen molar-refractivity contribution < 1.29 is 18.9 Å². The maximum Gasteiger partial charge on any atom is 0.311 e. The normalized spacial score (nSPS) is 20.9. The van der Waals surface area contributed by atoms with Crippen LogP contribution in [-0.4, -0.2) is 10.9 Å². The zero-order valence-corrected chi connectivity index (χ0v) is 10.4. The van der Waals surface area contributed by atoms with Crippen molar-refractivity contribution in [2.24, 2.45) is 0 Å². The molecule has 86 valence electrons. The molecule has 4 nitrogen and oxygen atoms in total. The van der Waals surface area contributed by atoms with E-state index in [1.165, 1.54) is 0 Å². The van der Waals surface area contributed by atoms with Gasteiger partial charge < -0.3 is 14.2 Å². The maximum atomic E-state index is 11.2. The quantitative estimate of drug-likeness (QED) is 0.499. The summed E-state index contributed by atoms with van der Waals surface area (Å²) in [4.78, 5) is 20.2. The summed E-state index contributed by atoms with van der Waals surface area (Å²) in [7, 11) is -2.20. The summed E-state index contributed by atoms with van der Waals surface area (Å²) in [5.74, 6) is 0.837. The number of carbonyl (C=O) groups excluding carboxylic acids is 1. The molecule has 0 aliphatic carbocycles. The molecule has 0 aromatic heterocycles. The van der Waals surface area contributed by atoms with Crippen molar-refractivity contribution in [2.45, 2.75) is 19.3 Å². The fraction of sp³-hybridized carbons (Fsp3) is 0.300. The van der Waals surface area contributed by atoms with Crippen LogP contribution in [0.1, 0.15) is 24.8 Å². The second kappa shape index (κ2) is 4.53. The van der Waals surface area contributed by atoms with Gasteiger partial charge >= 0.3 is 5.97 Å². The van der Waals surface area contributed by atoms with Gasteiger partial charge in [-0.3, -0.25) is 4.79 Å². The van der Waals surface area contributed by atoms with Crippen LogP contribution in [0.5, 0.6) is 11.5 Å². The molecule has 2 unspecified atom stereocenters. The van der Waals surface area contributed by atoms with Gasteiger partial charge in [0, 0.05) is 6.07 Å². The largest absolute Gasteiger partial charge is 0.446 e. The molecule has 1 aliphatic rings. The highest BCUT2D eigenvalue weighted by Gasteiger charge is 2.24. The highest BCUT2D eigenvalue weighted by Crippen LogP contribution is 2.37. The lowest BCUT2D eigenvalue weighted by Crippen LogP contribution is -2.18.